The summed E-state index contributed by atoms with van der Waals surface area (Å²) in [5.41, 5.74) is 5.06. The van der Waals surface area contributed by atoms with Crippen molar-refractivity contribution < 1.29 is 9.53 Å². The molecule has 5 rings (SSSR count). The second-order valence-electron chi connectivity index (χ2n) is 8.59. The van der Waals surface area contributed by atoms with Gasteiger partial charge in [-0.15, -0.1) is 0 Å². The van der Waals surface area contributed by atoms with Gasteiger partial charge < -0.3 is 14.5 Å². The highest BCUT2D eigenvalue weighted by molar-refractivity contribution is 5.99. The van der Waals surface area contributed by atoms with E-state index in [1.54, 1.807) is 0 Å². The number of hydrogen-bond acceptors (Lipinski definition) is 3. The first-order valence-electron chi connectivity index (χ1n) is 11.2. The molecule has 1 saturated carbocycles. The standard InChI is InChI=1S/C25H30N2O2/c1-2-18-17-21(9-12-23(18)26-14-3-4-15-26)27-16-13-24(25(27)28)29-22-10-7-20(8-11-22)19-5-6-19/h7-12,17,19,24H,2-6,13-16H2,1H3. The lowest BCUT2D eigenvalue weighted by Crippen LogP contribution is -2.32. The van der Waals surface area contributed by atoms with E-state index in [1.165, 1.54) is 42.5 Å². The molecular weight excluding hydrogens is 360 g/mol. The van der Waals surface area contributed by atoms with Crippen LogP contribution in [0.1, 0.15) is 56.1 Å². The molecule has 1 amide bonds. The number of anilines is 2. The number of carbonyl (C=O) groups is 1. The van der Waals surface area contributed by atoms with Crippen LogP contribution >= 0.6 is 0 Å². The van der Waals surface area contributed by atoms with Gasteiger partial charge in [0.15, 0.2) is 6.10 Å². The van der Waals surface area contributed by atoms with Crippen molar-refractivity contribution in [1.29, 1.82) is 0 Å². The van der Waals surface area contributed by atoms with E-state index >= 15 is 0 Å². The number of carbonyl (C=O) groups excluding carboxylic acids is 1. The van der Waals surface area contributed by atoms with E-state index < -0.39 is 0 Å². The predicted molar refractivity (Wildman–Crippen MR) is 117 cm³/mol. The number of amides is 1. The van der Waals surface area contributed by atoms with Crippen LogP contribution in [-0.2, 0) is 11.2 Å². The Hall–Kier alpha value is -2.49. The van der Waals surface area contributed by atoms with Crippen molar-refractivity contribution in [1.82, 2.24) is 0 Å². The Labute approximate surface area is 173 Å². The molecule has 2 saturated heterocycles. The summed E-state index contributed by atoms with van der Waals surface area (Å²) in [6, 6.07) is 14.9. The fourth-order valence-electron chi connectivity index (χ4n) is 4.71. The first-order chi connectivity index (χ1) is 14.2. The molecule has 0 bridgehead atoms. The normalized spacial score (nSPS) is 21.8. The molecule has 0 radical (unpaired) electrons. The number of aryl methyl sites for hydroxylation is 1. The zero-order valence-electron chi connectivity index (χ0n) is 17.3. The monoisotopic (exact) mass is 390 g/mol. The molecule has 1 aliphatic carbocycles. The van der Waals surface area contributed by atoms with Crippen molar-refractivity contribution in [3.8, 4) is 5.75 Å². The van der Waals surface area contributed by atoms with Gasteiger partial charge in [0.1, 0.15) is 5.75 Å². The van der Waals surface area contributed by atoms with Crippen LogP contribution in [0.3, 0.4) is 0 Å². The highest BCUT2D eigenvalue weighted by Crippen LogP contribution is 2.40. The molecule has 0 spiro atoms. The third-order valence-corrected chi connectivity index (χ3v) is 6.57. The zero-order valence-corrected chi connectivity index (χ0v) is 17.3. The molecule has 1 atom stereocenters. The first-order valence-corrected chi connectivity index (χ1v) is 11.2. The molecule has 2 aromatic rings. The molecule has 3 aliphatic rings. The molecule has 152 valence electrons. The second-order valence-corrected chi connectivity index (χ2v) is 8.59. The summed E-state index contributed by atoms with van der Waals surface area (Å²) in [4.78, 5) is 17.4. The maximum atomic E-state index is 13.0. The van der Waals surface area contributed by atoms with Gasteiger partial charge in [0.05, 0.1) is 0 Å². The Bertz CT molecular complexity index is 882. The van der Waals surface area contributed by atoms with Crippen LogP contribution in [0.4, 0.5) is 11.4 Å². The third-order valence-electron chi connectivity index (χ3n) is 6.57. The molecule has 0 aromatic heterocycles. The number of rotatable bonds is 6. The van der Waals surface area contributed by atoms with Crippen LogP contribution in [0.15, 0.2) is 42.5 Å². The molecule has 2 aliphatic heterocycles. The molecule has 3 fully saturated rings. The van der Waals surface area contributed by atoms with E-state index in [0.29, 0.717) is 0 Å². The zero-order chi connectivity index (χ0) is 19.8. The Kier molecular flexibility index (Phi) is 4.94. The van der Waals surface area contributed by atoms with Crippen LogP contribution in [0.2, 0.25) is 0 Å². The molecule has 0 N–H and O–H groups in total. The Morgan fingerprint density at radius 2 is 1.72 bits per heavy atom. The summed E-state index contributed by atoms with van der Waals surface area (Å²) in [7, 11) is 0. The van der Waals surface area contributed by atoms with E-state index in [9.17, 15) is 4.79 Å². The average molecular weight is 391 g/mol. The van der Waals surface area contributed by atoms with Gasteiger partial charge in [0, 0.05) is 37.4 Å². The van der Waals surface area contributed by atoms with Gasteiger partial charge in [0.25, 0.3) is 5.91 Å². The van der Waals surface area contributed by atoms with E-state index in [1.807, 2.05) is 17.0 Å². The van der Waals surface area contributed by atoms with Crippen LogP contribution in [-0.4, -0.2) is 31.6 Å². The van der Waals surface area contributed by atoms with Crippen LogP contribution in [0, 0.1) is 0 Å². The molecule has 29 heavy (non-hydrogen) atoms. The Balaban J connectivity index is 1.28. The van der Waals surface area contributed by atoms with Gasteiger partial charge in [-0.1, -0.05) is 19.1 Å². The molecular formula is C25H30N2O2. The van der Waals surface area contributed by atoms with Gasteiger partial charge >= 0.3 is 0 Å². The highest BCUT2D eigenvalue weighted by atomic mass is 16.5. The SMILES string of the molecule is CCc1cc(N2CCC(Oc3ccc(C4CC4)cc3)C2=O)ccc1N1CCCC1. The topological polar surface area (TPSA) is 32.8 Å². The van der Waals surface area contributed by atoms with Gasteiger partial charge in [-0.25, -0.2) is 0 Å². The molecule has 1 unspecified atom stereocenters. The summed E-state index contributed by atoms with van der Waals surface area (Å²) in [5, 5.41) is 0. The quantitative estimate of drug-likeness (QED) is 0.702. The Morgan fingerprint density at radius 3 is 2.41 bits per heavy atom. The fraction of sp³-hybridized carbons (Fsp3) is 0.480. The van der Waals surface area contributed by atoms with E-state index in [2.05, 4.69) is 42.2 Å². The smallest absolute Gasteiger partial charge is 0.268 e. The molecule has 4 heteroatoms. The number of benzene rings is 2. The second kappa shape index (κ2) is 7.74. The highest BCUT2D eigenvalue weighted by Gasteiger charge is 2.35. The van der Waals surface area contributed by atoms with E-state index in [0.717, 1.165) is 49.8 Å². The van der Waals surface area contributed by atoms with E-state index in [-0.39, 0.29) is 12.0 Å². The van der Waals surface area contributed by atoms with Gasteiger partial charge in [-0.3, -0.25) is 4.79 Å². The van der Waals surface area contributed by atoms with Crippen LogP contribution in [0.5, 0.6) is 5.75 Å². The largest absolute Gasteiger partial charge is 0.481 e. The van der Waals surface area contributed by atoms with Crippen molar-refractivity contribution in [2.75, 3.05) is 29.4 Å². The third kappa shape index (κ3) is 3.73. The van der Waals surface area contributed by atoms with Crippen molar-refractivity contribution >= 4 is 17.3 Å². The summed E-state index contributed by atoms with van der Waals surface area (Å²) in [6.45, 7) is 5.20. The minimum Gasteiger partial charge on any atom is -0.481 e. The first kappa shape index (κ1) is 18.5. The van der Waals surface area contributed by atoms with Gasteiger partial charge in [-0.2, -0.15) is 0 Å². The van der Waals surface area contributed by atoms with Crippen molar-refractivity contribution in [3.05, 3.63) is 53.6 Å². The summed E-state index contributed by atoms with van der Waals surface area (Å²) in [5.74, 6) is 1.62. The minimum atomic E-state index is -0.384. The van der Waals surface area contributed by atoms with Crippen molar-refractivity contribution in [2.24, 2.45) is 0 Å². The maximum Gasteiger partial charge on any atom is 0.268 e. The van der Waals surface area contributed by atoms with Crippen LogP contribution < -0.4 is 14.5 Å². The lowest BCUT2D eigenvalue weighted by molar-refractivity contribution is -0.122. The van der Waals surface area contributed by atoms with Gasteiger partial charge in [-0.05, 0) is 79.5 Å². The van der Waals surface area contributed by atoms with Crippen molar-refractivity contribution in [3.63, 3.8) is 0 Å². The van der Waals surface area contributed by atoms with Crippen LogP contribution in [0.25, 0.3) is 0 Å². The minimum absolute atomic E-state index is 0.0762. The number of nitrogens with zero attached hydrogens (tertiary/aromatic N) is 2. The predicted octanol–water partition coefficient (Wildman–Crippen LogP) is 4.91. The molecule has 4 nitrogen and oxygen atoms in total. The average Bonchev–Trinajstić information content (AvgIpc) is 3.34. The van der Waals surface area contributed by atoms with E-state index in [4.69, 9.17) is 4.74 Å². The summed E-state index contributed by atoms with van der Waals surface area (Å²) in [6.07, 6.45) is 6.48. The Morgan fingerprint density at radius 1 is 0.966 bits per heavy atom. The molecule has 2 heterocycles. The lowest BCUT2D eigenvalue weighted by Gasteiger charge is -2.24. The molecule has 2 aromatic carbocycles. The maximum absolute atomic E-state index is 13.0. The van der Waals surface area contributed by atoms with Crippen molar-refractivity contribution in [2.45, 2.75) is 57.5 Å². The fourth-order valence-corrected chi connectivity index (χ4v) is 4.71. The summed E-state index contributed by atoms with van der Waals surface area (Å²) < 4.78 is 6.06. The number of ether oxygens (including phenoxy) is 1. The lowest BCUT2D eigenvalue weighted by atomic mass is 10.1. The number of hydrogen-bond donors (Lipinski definition) is 0. The van der Waals surface area contributed by atoms with Gasteiger partial charge in [0.2, 0.25) is 0 Å². The summed E-state index contributed by atoms with van der Waals surface area (Å²) >= 11 is 0.